The van der Waals surface area contributed by atoms with E-state index in [1.54, 1.807) is 0 Å². The van der Waals surface area contributed by atoms with Gasteiger partial charge in [-0.05, 0) is 26.0 Å². The first kappa shape index (κ1) is 14.0. The van der Waals surface area contributed by atoms with Gasteiger partial charge in [-0.1, -0.05) is 30.3 Å². The first-order chi connectivity index (χ1) is 9.07. The average molecular weight is 262 g/mol. The molecule has 0 radical (unpaired) electrons. The summed E-state index contributed by atoms with van der Waals surface area (Å²) >= 11 is 0. The smallest absolute Gasteiger partial charge is 0.327 e. The van der Waals surface area contributed by atoms with Crippen molar-refractivity contribution in [3.63, 3.8) is 0 Å². The molecule has 104 valence electrons. The largest absolute Gasteiger partial charge is 0.468 e. The van der Waals surface area contributed by atoms with E-state index in [0.29, 0.717) is 19.1 Å². The van der Waals surface area contributed by atoms with Crippen LogP contribution in [0.4, 0.5) is 0 Å². The molecule has 0 bridgehead atoms. The number of hydrogen-bond donors (Lipinski definition) is 1. The molecule has 0 saturated carbocycles. The molecule has 0 aliphatic carbocycles. The molecule has 1 aliphatic rings. The molecule has 1 aliphatic heterocycles. The summed E-state index contributed by atoms with van der Waals surface area (Å²) < 4.78 is 4.99. The number of hydrogen-bond acceptors (Lipinski definition) is 4. The van der Waals surface area contributed by atoms with Crippen LogP contribution in [0.15, 0.2) is 30.3 Å². The van der Waals surface area contributed by atoms with Gasteiger partial charge >= 0.3 is 5.97 Å². The van der Waals surface area contributed by atoms with Gasteiger partial charge in [0.1, 0.15) is 5.54 Å². The van der Waals surface area contributed by atoms with Gasteiger partial charge in [-0.3, -0.25) is 10.1 Å². The predicted octanol–water partition coefficient (Wildman–Crippen LogP) is 1.41. The Hall–Kier alpha value is -1.39. The summed E-state index contributed by atoms with van der Waals surface area (Å²) in [6.45, 7) is 3.50. The van der Waals surface area contributed by atoms with E-state index in [1.807, 2.05) is 25.2 Å². The van der Waals surface area contributed by atoms with E-state index in [4.69, 9.17) is 4.74 Å². The normalized spacial score (nSPS) is 27.4. The minimum Gasteiger partial charge on any atom is -0.468 e. The van der Waals surface area contributed by atoms with Crippen molar-refractivity contribution < 1.29 is 9.53 Å². The van der Waals surface area contributed by atoms with Crippen LogP contribution in [-0.2, 0) is 16.1 Å². The van der Waals surface area contributed by atoms with E-state index in [2.05, 4.69) is 29.3 Å². The topological polar surface area (TPSA) is 41.6 Å². The molecule has 2 atom stereocenters. The highest BCUT2D eigenvalue weighted by atomic mass is 16.5. The number of rotatable bonds is 4. The van der Waals surface area contributed by atoms with Gasteiger partial charge in [-0.15, -0.1) is 0 Å². The second kappa shape index (κ2) is 5.72. The minimum absolute atomic E-state index is 0.167. The molecule has 4 heteroatoms. The summed E-state index contributed by atoms with van der Waals surface area (Å²) in [4.78, 5) is 14.3. The van der Waals surface area contributed by atoms with E-state index < -0.39 is 5.54 Å². The number of nitrogens with zero attached hydrogens (tertiary/aromatic N) is 1. The Kier molecular flexibility index (Phi) is 4.22. The van der Waals surface area contributed by atoms with Gasteiger partial charge in [0.05, 0.1) is 7.11 Å². The van der Waals surface area contributed by atoms with Gasteiger partial charge in [0, 0.05) is 19.1 Å². The fraction of sp³-hybridized carbons (Fsp3) is 0.533. The van der Waals surface area contributed by atoms with Crippen LogP contribution in [-0.4, -0.2) is 43.2 Å². The number of carbonyl (C=O) groups excluding carboxylic acids is 1. The molecular formula is C15H22N2O2. The Morgan fingerprint density at radius 1 is 1.47 bits per heavy atom. The highest BCUT2D eigenvalue weighted by molar-refractivity contribution is 5.81. The Labute approximate surface area is 114 Å². The summed E-state index contributed by atoms with van der Waals surface area (Å²) in [6.07, 6.45) is 0.781. The maximum atomic E-state index is 12.1. The molecule has 1 aromatic rings. The molecule has 1 saturated heterocycles. The van der Waals surface area contributed by atoms with Crippen LogP contribution in [0.3, 0.4) is 0 Å². The third kappa shape index (κ3) is 2.96. The lowest BCUT2D eigenvalue weighted by molar-refractivity contribution is -0.148. The van der Waals surface area contributed by atoms with Crippen LogP contribution < -0.4 is 5.32 Å². The molecular weight excluding hydrogens is 240 g/mol. The zero-order chi connectivity index (χ0) is 13.9. The lowest BCUT2D eigenvalue weighted by atomic mass is 9.96. The highest BCUT2D eigenvalue weighted by Crippen LogP contribution is 2.27. The van der Waals surface area contributed by atoms with Crippen molar-refractivity contribution in [2.45, 2.75) is 31.5 Å². The lowest BCUT2D eigenvalue weighted by Gasteiger charge is -2.27. The van der Waals surface area contributed by atoms with Crippen molar-refractivity contribution in [3.8, 4) is 0 Å². The number of methoxy groups -OCH3 is 1. The zero-order valence-electron chi connectivity index (χ0n) is 11.8. The molecule has 0 aromatic heterocycles. The molecule has 0 spiro atoms. The molecule has 19 heavy (non-hydrogen) atoms. The van der Waals surface area contributed by atoms with Gasteiger partial charge < -0.3 is 9.64 Å². The van der Waals surface area contributed by atoms with Gasteiger partial charge in [0.25, 0.3) is 0 Å². The van der Waals surface area contributed by atoms with Crippen molar-refractivity contribution in [2.75, 3.05) is 20.7 Å². The number of ether oxygens (including phenoxy) is 1. The van der Waals surface area contributed by atoms with E-state index >= 15 is 0 Å². The molecule has 1 N–H and O–H groups in total. The van der Waals surface area contributed by atoms with Crippen molar-refractivity contribution in [1.29, 1.82) is 0 Å². The first-order valence-electron chi connectivity index (χ1n) is 6.65. The molecule has 2 unspecified atom stereocenters. The molecule has 4 nitrogen and oxygen atoms in total. The van der Waals surface area contributed by atoms with Crippen molar-refractivity contribution in [2.24, 2.45) is 0 Å². The van der Waals surface area contributed by atoms with E-state index in [9.17, 15) is 4.79 Å². The maximum absolute atomic E-state index is 12.1. The second-order valence-corrected chi connectivity index (χ2v) is 5.38. The molecule has 2 rings (SSSR count). The molecule has 1 fully saturated rings. The number of nitrogens with one attached hydrogen (secondary N) is 1. The summed E-state index contributed by atoms with van der Waals surface area (Å²) in [5, 5.41) is 3.41. The SMILES string of the molecule is COC(=O)C1(NCc2ccccc2)CC(C)N(C)C1. The Morgan fingerprint density at radius 2 is 2.16 bits per heavy atom. The maximum Gasteiger partial charge on any atom is 0.327 e. The van der Waals surface area contributed by atoms with Crippen LogP contribution >= 0.6 is 0 Å². The van der Waals surface area contributed by atoms with E-state index in [-0.39, 0.29) is 5.97 Å². The quantitative estimate of drug-likeness (QED) is 0.833. The lowest BCUT2D eigenvalue weighted by Crippen LogP contribution is -2.54. The van der Waals surface area contributed by atoms with Crippen molar-refractivity contribution >= 4 is 5.97 Å². The summed E-state index contributed by atoms with van der Waals surface area (Å²) in [7, 11) is 3.50. The van der Waals surface area contributed by atoms with E-state index in [0.717, 1.165) is 6.42 Å². The van der Waals surface area contributed by atoms with Crippen LogP contribution in [0.25, 0.3) is 0 Å². The number of likely N-dealkylation sites (tertiary alicyclic amines) is 1. The summed E-state index contributed by atoms with van der Waals surface area (Å²) in [5.74, 6) is -0.167. The van der Waals surface area contributed by atoms with E-state index in [1.165, 1.54) is 12.7 Å². The summed E-state index contributed by atoms with van der Waals surface area (Å²) in [5.41, 5.74) is 0.589. The average Bonchev–Trinajstić information content (AvgIpc) is 2.73. The zero-order valence-corrected chi connectivity index (χ0v) is 11.8. The number of esters is 1. The third-order valence-electron chi connectivity index (χ3n) is 3.97. The van der Waals surface area contributed by atoms with Gasteiger partial charge in [0.15, 0.2) is 0 Å². The Bertz CT molecular complexity index is 423. The van der Waals surface area contributed by atoms with Crippen molar-refractivity contribution in [3.05, 3.63) is 35.9 Å². The van der Waals surface area contributed by atoms with Crippen LogP contribution in [0, 0.1) is 0 Å². The first-order valence-corrected chi connectivity index (χ1v) is 6.65. The van der Waals surface area contributed by atoms with Crippen LogP contribution in [0.5, 0.6) is 0 Å². The molecule has 1 heterocycles. The summed E-state index contributed by atoms with van der Waals surface area (Å²) in [6, 6.07) is 10.5. The Morgan fingerprint density at radius 3 is 2.68 bits per heavy atom. The minimum atomic E-state index is -0.585. The second-order valence-electron chi connectivity index (χ2n) is 5.38. The van der Waals surface area contributed by atoms with Gasteiger partial charge in [-0.25, -0.2) is 0 Å². The third-order valence-corrected chi connectivity index (χ3v) is 3.97. The monoisotopic (exact) mass is 262 g/mol. The number of benzene rings is 1. The van der Waals surface area contributed by atoms with Crippen molar-refractivity contribution in [1.82, 2.24) is 10.2 Å². The Balaban J connectivity index is 2.10. The molecule has 1 aromatic carbocycles. The standard InChI is InChI=1S/C15H22N2O2/c1-12-9-15(11-17(12)2,14(18)19-3)16-10-13-7-5-4-6-8-13/h4-8,12,16H,9-11H2,1-3H3. The van der Waals surface area contributed by atoms with Gasteiger partial charge in [-0.2, -0.15) is 0 Å². The highest BCUT2D eigenvalue weighted by Gasteiger charge is 2.47. The van der Waals surface area contributed by atoms with Crippen LogP contribution in [0.1, 0.15) is 18.9 Å². The fourth-order valence-electron chi connectivity index (χ4n) is 2.72. The van der Waals surface area contributed by atoms with Gasteiger partial charge in [0.2, 0.25) is 0 Å². The molecule has 0 amide bonds. The predicted molar refractivity (Wildman–Crippen MR) is 74.7 cm³/mol. The fourth-order valence-corrected chi connectivity index (χ4v) is 2.72. The van der Waals surface area contributed by atoms with Crippen LogP contribution in [0.2, 0.25) is 0 Å². The number of likely N-dealkylation sites (N-methyl/N-ethyl adjacent to an activating group) is 1. The number of carbonyl (C=O) groups is 1.